The van der Waals surface area contributed by atoms with Crippen LogP contribution in [0.1, 0.15) is 26.2 Å². The van der Waals surface area contributed by atoms with Crippen LogP contribution < -0.4 is 11.1 Å². The van der Waals surface area contributed by atoms with Crippen molar-refractivity contribution in [2.75, 3.05) is 6.54 Å². The zero-order chi connectivity index (χ0) is 6.69. The Bertz CT molecular complexity index is 83.0. The van der Waals surface area contributed by atoms with Gasteiger partial charge in [-0.3, -0.25) is 0 Å². The highest BCUT2D eigenvalue weighted by Crippen LogP contribution is 2.16. The Morgan fingerprint density at radius 1 is 1.56 bits per heavy atom. The Morgan fingerprint density at radius 2 is 2.33 bits per heavy atom. The van der Waals surface area contributed by atoms with Crippen molar-refractivity contribution in [1.29, 1.82) is 0 Å². The Morgan fingerprint density at radius 3 is 2.78 bits per heavy atom. The maximum absolute atomic E-state index is 5.80. The number of likely N-dealkylation sites (N-methyl/N-ethyl adjacent to an activating group) is 1. The topological polar surface area (TPSA) is 38.0 Å². The first-order valence-corrected chi connectivity index (χ1v) is 3.83. The Hall–Kier alpha value is -0.0800. The first-order valence-electron chi connectivity index (χ1n) is 3.83. The molecular formula is C7H16N2. The summed E-state index contributed by atoms with van der Waals surface area (Å²) in [6, 6.07) is 1.03. The van der Waals surface area contributed by atoms with Crippen LogP contribution in [0.3, 0.4) is 0 Å². The summed E-state index contributed by atoms with van der Waals surface area (Å²) in [5.41, 5.74) is 5.80. The molecule has 0 heterocycles. The lowest BCUT2D eigenvalue weighted by atomic mass is 10.2. The van der Waals surface area contributed by atoms with Gasteiger partial charge in [-0.25, -0.2) is 0 Å². The first-order chi connectivity index (χ1) is 4.34. The molecule has 0 amide bonds. The molecule has 1 saturated carbocycles. The molecule has 3 N–H and O–H groups in total. The average molecular weight is 128 g/mol. The van der Waals surface area contributed by atoms with E-state index in [4.69, 9.17) is 5.73 Å². The number of rotatable bonds is 2. The van der Waals surface area contributed by atoms with Gasteiger partial charge in [0.25, 0.3) is 0 Å². The van der Waals surface area contributed by atoms with Gasteiger partial charge in [0.15, 0.2) is 0 Å². The monoisotopic (exact) mass is 128 g/mol. The molecule has 0 aliphatic heterocycles. The SMILES string of the molecule is CCN[C@@H]1CCC[C@@H]1N. The number of nitrogens with two attached hydrogens (primary N) is 1. The van der Waals surface area contributed by atoms with Crippen molar-refractivity contribution in [3.05, 3.63) is 0 Å². The van der Waals surface area contributed by atoms with Crippen molar-refractivity contribution < 1.29 is 0 Å². The highest BCUT2D eigenvalue weighted by atomic mass is 15.0. The molecule has 2 nitrogen and oxygen atoms in total. The Labute approximate surface area is 56.8 Å². The maximum atomic E-state index is 5.80. The van der Waals surface area contributed by atoms with E-state index < -0.39 is 0 Å². The second kappa shape index (κ2) is 3.18. The van der Waals surface area contributed by atoms with Gasteiger partial charge in [-0.2, -0.15) is 0 Å². The fourth-order valence-corrected chi connectivity index (χ4v) is 1.50. The Balaban J connectivity index is 2.22. The third kappa shape index (κ3) is 1.66. The zero-order valence-corrected chi connectivity index (χ0v) is 6.06. The smallest absolute Gasteiger partial charge is 0.0218 e. The molecule has 9 heavy (non-hydrogen) atoms. The van der Waals surface area contributed by atoms with Crippen LogP contribution in [-0.2, 0) is 0 Å². The molecule has 0 bridgehead atoms. The van der Waals surface area contributed by atoms with Gasteiger partial charge in [-0.1, -0.05) is 13.3 Å². The van der Waals surface area contributed by atoms with Gasteiger partial charge in [0.2, 0.25) is 0 Å². The van der Waals surface area contributed by atoms with Gasteiger partial charge < -0.3 is 11.1 Å². The lowest BCUT2D eigenvalue weighted by Gasteiger charge is -2.14. The fraction of sp³-hybridized carbons (Fsp3) is 1.00. The highest BCUT2D eigenvalue weighted by Gasteiger charge is 2.21. The molecule has 0 radical (unpaired) electrons. The predicted molar refractivity (Wildman–Crippen MR) is 39.3 cm³/mol. The molecule has 2 atom stereocenters. The lowest BCUT2D eigenvalue weighted by molar-refractivity contribution is 0.489. The second-order valence-corrected chi connectivity index (χ2v) is 2.76. The standard InChI is InChI=1S/C7H16N2/c1-2-9-7-5-3-4-6(7)8/h6-7,9H,2-5,8H2,1H3/t6-,7+/m0/s1. The molecule has 1 fully saturated rings. The molecule has 0 aromatic rings. The summed E-state index contributed by atoms with van der Waals surface area (Å²) in [5.74, 6) is 0. The summed E-state index contributed by atoms with van der Waals surface area (Å²) in [7, 11) is 0. The molecule has 1 rings (SSSR count). The molecule has 0 saturated heterocycles. The van der Waals surface area contributed by atoms with Crippen LogP contribution in [0.15, 0.2) is 0 Å². The molecule has 1 aliphatic carbocycles. The molecule has 2 heteroatoms. The van der Waals surface area contributed by atoms with Crippen LogP contribution in [0.4, 0.5) is 0 Å². The van der Waals surface area contributed by atoms with Crippen LogP contribution in [0.25, 0.3) is 0 Å². The van der Waals surface area contributed by atoms with E-state index in [2.05, 4.69) is 12.2 Å². The van der Waals surface area contributed by atoms with Gasteiger partial charge in [0.1, 0.15) is 0 Å². The zero-order valence-electron chi connectivity index (χ0n) is 6.06. The van der Waals surface area contributed by atoms with Crippen molar-refractivity contribution in [2.45, 2.75) is 38.3 Å². The molecule has 0 aromatic carbocycles. The van der Waals surface area contributed by atoms with Crippen LogP contribution in [0.5, 0.6) is 0 Å². The summed E-state index contributed by atoms with van der Waals surface area (Å²) in [5, 5.41) is 3.37. The first kappa shape index (κ1) is 7.03. The van der Waals surface area contributed by atoms with E-state index in [0.717, 1.165) is 6.54 Å². The van der Waals surface area contributed by atoms with Crippen LogP contribution in [-0.4, -0.2) is 18.6 Å². The van der Waals surface area contributed by atoms with Gasteiger partial charge in [0, 0.05) is 12.1 Å². The van der Waals surface area contributed by atoms with Crippen molar-refractivity contribution in [3.63, 3.8) is 0 Å². The van der Waals surface area contributed by atoms with E-state index in [0.29, 0.717) is 12.1 Å². The third-order valence-corrected chi connectivity index (χ3v) is 2.04. The summed E-state index contributed by atoms with van der Waals surface area (Å²) in [6.45, 7) is 3.18. The number of hydrogen-bond donors (Lipinski definition) is 2. The summed E-state index contributed by atoms with van der Waals surface area (Å²) in [4.78, 5) is 0. The van der Waals surface area contributed by atoms with E-state index in [1.54, 1.807) is 0 Å². The van der Waals surface area contributed by atoms with Crippen molar-refractivity contribution in [1.82, 2.24) is 5.32 Å². The fourth-order valence-electron chi connectivity index (χ4n) is 1.50. The van der Waals surface area contributed by atoms with Gasteiger partial charge in [-0.05, 0) is 19.4 Å². The van der Waals surface area contributed by atoms with Gasteiger partial charge in [-0.15, -0.1) is 0 Å². The van der Waals surface area contributed by atoms with Gasteiger partial charge >= 0.3 is 0 Å². The molecule has 0 aromatic heterocycles. The second-order valence-electron chi connectivity index (χ2n) is 2.76. The minimum atomic E-state index is 0.421. The van der Waals surface area contributed by atoms with E-state index >= 15 is 0 Å². The minimum Gasteiger partial charge on any atom is -0.326 e. The summed E-state index contributed by atoms with van der Waals surface area (Å²) < 4.78 is 0. The quantitative estimate of drug-likeness (QED) is 0.567. The van der Waals surface area contributed by atoms with E-state index in [-0.39, 0.29) is 0 Å². The molecule has 1 aliphatic rings. The van der Waals surface area contributed by atoms with Crippen molar-refractivity contribution >= 4 is 0 Å². The maximum Gasteiger partial charge on any atom is 0.0218 e. The summed E-state index contributed by atoms with van der Waals surface area (Å²) in [6.07, 6.45) is 3.78. The summed E-state index contributed by atoms with van der Waals surface area (Å²) >= 11 is 0. The largest absolute Gasteiger partial charge is 0.326 e. The molecule has 54 valence electrons. The van der Waals surface area contributed by atoms with Crippen LogP contribution in [0, 0.1) is 0 Å². The van der Waals surface area contributed by atoms with Crippen molar-refractivity contribution in [3.8, 4) is 0 Å². The third-order valence-electron chi connectivity index (χ3n) is 2.04. The van der Waals surface area contributed by atoms with Crippen molar-refractivity contribution in [2.24, 2.45) is 5.73 Å². The van der Waals surface area contributed by atoms with E-state index in [9.17, 15) is 0 Å². The normalized spacial score (nSPS) is 35.3. The average Bonchev–Trinajstić information content (AvgIpc) is 2.18. The van der Waals surface area contributed by atoms with E-state index in [1.807, 2.05) is 0 Å². The number of hydrogen-bond acceptors (Lipinski definition) is 2. The Kier molecular flexibility index (Phi) is 2.49. The molecular weight excluding hydrogens is 112 g/mol. The van der Waals surface area contributed by atoms with Gasteiger partial charge in [0.05, 0.1) is 0 Å². The van der Waals surface area contributed by atoms with Crippen LogP contribution in [0.2, 0.25) is 0 Å². The lowest BCUT2D eigenvalue weighted by Crippen LogP contribution is -2.40. The highest BCUT2D eigenvalue weighted by molar-refractivity contribution is 4.85. The number of nitrogens with one attached hydrogen (secondary N) is 1. The molecule has 0 spiro atoms. The van der Waals surface area contributed by atoms with E-state index in [1.165, 1.54) is 19.3 Å². The van der Waals surface area contributed by atoms with Crippen LogP contribution >= 0.6 is 0 Å². The molecule has 0 unspecified atom stereocenters. The predicted octanol–water partition coefficient (Wildman–Crippen LogP) is 0.476. The minimum absolute atomic E-state index is 0.421.